The number of aryl methyl sites for hydroxylation is 2. The third-order valence-corrected chi connectivity index (χ3v) is 6.21. The quantitative estimate of drug-likeness (QED) is 0.591. The number of aromatic nitrogens is 1. The van der Waals surface area contributed by atoms with E-state index < -0.39 is 5.97 Å². The number of benzene rings is 1. The number of esters is 1. The SMILES string of the molecule is Cc1ccc2nc3c(c(C(=O)OCC(=O)N(C)Cc4cccs4)c2c1)CCCC3. The highest BCUT2D eigenvalue weighted by Gasteiger charge is 2.24. The van der Waals surface area contributed by atoms with Crippen molar-refractivity contribution in [2.45, 2.75) is 39.2 Å². The van der Waals surface area contributed by atoms with Crippen molar-refractivity contribution < 1.29 is 14.3 Å². The molecule has 0 atom stereocenters. The van der Waals surface area contributed by atoms with Crippen LogP contribution in [0.25, 0.3) is 10.9 Å². The molecule has 29 heavy (non-hydrogen) atoms. The second-order valence-corrected chi connectivity index (χ2v) is 8.58. The first-order valence-electron chi connectivity index (χ1n) is 9.88. The predicted octanol–water partition coefficient (Wildman–Crippen LogP) is 4.30. The number of amides is 1. The first kappa shape index (κ1) is 19.6. The standard InChI is InChI=1S/C23H24N2O3S/c1-15-9-10-20-18(12-15)22(17-7-3-4-8-19(17)24-20)23(27)28-14-21(26)25(2)13-16-6-5-11-29-16/h5-6,9-12H,3-4,7-8,13-14H2,1-2H3. The minimum absolute atomic E-state index is 0.213. The number of carbonyl (C=O) groups excluding carboxylic acids is 2. The Hall–Kier alpha value is -2.73. The Kier molecular flexibility index (Phi) is 5.62. The van der Waals surface area contributed by atoms with Crippen molar-refractivity contribution in [3.63, 3.8) is 0 Å². The van der Waals surface area contributed by atoms with E-state index in [4.69, 9.17) is 9.72 Å². The van der Waals surface area contributed by atoms with Gasteiger partial charge >= 0.3 is 5.97 Å². The van der Waals surface area contributed by atoms with Gasteiger partial charge < -0.3 is 9.64 Å². The lowest BCUT2D eigenvalue weighted by Gasteiger charge is -2.21. The number of fused-ring (bicyclic) bond motifs is 2. The molecule has 0 radical (unpaired) electrons. The van der Waals surface area contributed by atoms with Crippen LogP contribution < -0.4 is 0 Å². The average Bonchev–Trinajstić information content (AvgIpc) is 3.23. The van der Waals surface area contributed by atoms with E-state index in [1.807, 2.05) is 42.6 Å². The van der Waals surface area contributed by atoms with Crippen LogP contribution in [0.3, 0.4) is 0 Å². The van der Waals surface area contributed by atoms with E-state index in [1.165, 1.54) is 0 Å². The predicted molar refractivity (Wildman–Crippen MR) is 114 cm³/mol. The van der Waals surface area contributed by atoms with Crippen LogP contribution in [0, 0.1) is 6.92 Å². The number of rotatable bonds is 5. The topological polar surface area (TPSA) is 59.5 Å². The molecular weight excluding hydrogens is 384 g/mol. The monoisotopic (exact) mass is 408 g/mol. The second kappa shape index (κ2) is 8.33. The number of ether oxygens (including phenoxy) is 1. The molecule has 0 N–H and O–H groups in total. The van der Waals surface area contributed by atoms with Crippen LogP contribution in [0.1, 0.15) is 44.9 Å². The summed E-state index contributed by atoms with van der Waals surface area (Å²) in [5.41, 5.74) is 4.43. The van der Waals surface area contributed by atoms with Gasteiger partial charge in [0.25, 0.3) is 5.91 Å². The summed E-state index contributed by atoms with van der Waals surface area (Å²) in [6.07, 6.45) is 3.82. The molecule has 2 aromatic heterocycles. The van der Waals surface area contributed by atoms with Gasteiger partial charge in [0.15, 0.2) is 6.61 Å². The van der Waals surface area contributed by atoms with Gasteiger partial charge in [-0.3, -0.25) is 9.78 Å². The third kappa shape index (κ3) is 4.17. The Bertz CT molecular complexity index is 1060. The smallest absolute Gasteiger partial charge is 0.339 e. The molecule has 5 nitrogen and oxygen atoms in total. The zero-order valence-corrected chi connectivity index (χ0v) is 17.6. The van der Waals surface area contributed by atoms with Crippen LogP contribution in [-0.4, -0.2) is 35.4 Å². The van der Waals surface area contributed by atoms with Gasteiger partial charge in [0.1, 0.15) is 0 Å². The summed E-state index contributed by atoms with van der Waals surface area (Å²) in [4.78, 5) is 33.0. The average molecular weight is 409 g/mol. The van der Waals surface area contributed by atoms with E-state index in [2.05, 4.69) is 0 Å². The van der Waals surface area contributed by atoms with Crippen molar-refractivity contribution in [1.82, 2.24) is 9.88 Å². The van der Waals surface area contributed by atoms with Crippen molar-refractivity contribution in [3.8, 4) is 0 Å². The summed E-state index contributed by atoms with van der Waals surface area (Å²) in [6, 6.07) is 9.88. The van der Waals surface area contributed by atoms with Crippen LogP contribution in [0.4, 0.5) is 0 Å². The molecule has 1 amide bonds. The maximum absolute atomic E-state index is 13.1. The van der Waals surface area contributed by atoms with Crippen molar-refractivity contribution in [2.75, 3.05) is 13.7 Å². The molecule has 0 aliphatic heterocycles. The number of thiophene rings is 1. The number of pyridine rings is 1. The Morgan fingerprint density at radius 2 is 2.03 bits per heavy atom. The fourth-order valence-corrected chi connectivity index (χ4v) is 4.56. The summed E-state index contributed by atoms with van der Waals surface area (Å²) < 4.78 is 5.49. The molecular formula is C23H24N2O3S. The fraction of sp³-hybridized carbons (Fsp3) is 0.348. The number of nitrogens with zero attached hydrogens (tertiary/aromatic N) is 2. The van der Waals surface area contributed by atoms with E-state index in [9.17, 15) is 9.59 Å². The van der Waals surface area contributed by atoms with E-state index in [0.29, 0.717) is 12.1 Å². The normalized spacial score (nSPS) is 13.2. The van der Waals surface area contributed by atoms with Gasteiger partial charge in [-0.2, -0.15) is 0 Å². The molecule has 4 rings (SSSR count). The third-order valence-electron chi connectivity index (χ3n) is 5.35. The van der Waals surface area contributed by atoms with Gasteiger partial charge in [-0.25, -0.2) is 4.79 Å². The summed E-state index contributed by atoms with van der Waals surface area (Å²) in [7, 11) is 1.73. The van der Waals surface area contributed by atoms with E-state index in [0.717, 1.165) is 58.3 Å². The van der Waals surface area contributed by atoms with Gasteiger partial charge in [-0.15, -0.1) is 11.3 Å². The first-order valence-corrected chi connectivity index (χ1v) is 10.8. The summed E-state index contributed by atoms with van der Waals surface area (Å²) in [5, 5.41) is 2.79. The largest absolute Gasteiger partial charge is 0.452 e. The molecule has 1 aliphatic carbocycles. The molecule has 6 heteroatoms. The molecule has 0 unspecified atom stereocenters. The zero-order chi connectivity index (χ0) is 20.4. The Morgan fingerprint density at radius 3 is 2.83 bits per heavy atom. The van der Waals surface area contributed by atoms with E-state index >= 15 is 0 Å². The van der Waals surface area contributed by atoms with Gasteiger partial charge in [-0.1, -0.05) is 17.7 Å². The summed E-state index contributed by atoms with van der Waals surface area (Å²) in [6.45, 7) is 2.25. The van der Waals surface area contributed by atoms with Crippen LogP contribution in [-0.2, 0) is 28.9 Å². The maximum Gasteiger partial charge on any atom is 0.339 e. The molecule has 0 bridgehead atoms. The fourth-order valence-electron chi connectivity index (χ4n) is 3.80. The molecule has 0 saturated heterocycles. The molecule has 1 aromatic carbocycles. The summed E-state index contributed by atoms with van der Waals surface area (Å²) in [5.74, 6) is -0.644. The highest BCUT2D eigenvalue weighted by atomic mass is 32.1. The van der Waals surface area contributed by atoms with Crippen molar-refractivity contribution in [3.05, 3.63) is 63.0 Å². The molecule has 1 aliphatic rings. The van der Waals surface area contributed by atoms with Gasteiger partial charge in [-0.05, 0) is 61.7 Å². The highest BCUT2D eigenvalue weighted by molar-refractivity contribution is 7.09. The molecule has 2 heterocycles. The van der Waals surface area contributed by atoms with Crippen LogP contribution in [0.2, 0.25) is 0 Å². The minimum atomic E-state index is -0.431. The van der Waals surface area contributed by atoms with Gasteiger partial charge in [0.05, 0.1) is 17.6 Å². The number of carbonyl (C=O) groups is 2. The van der Waals surface area contributed by atoms with Gasteiger partial charge in [0.2, 0.25) is 0 Å². The number of likely N-dealkylation sites (N-methyl/N-ethyl adjacent to an activating group) is 1. The molecule has 0 spiro atoms. The molecule has 3 aromatic rings. The van der Waals surface area contributed by atoms with Crippen LogP contribution in [0.15, 0.2) is 35.7 Å². The minimum Gasteiger partial charge on any atom is -0.452 e. The Balaban J connectivity index is 1.56. The van der Waals surface area contributed by atoms with Crippen LogP contribution >= 0.6 is 11.3 Å². The van der Waals surface area contributed by atoms with Crippen LogP contribution in [0.5, 0.6) is 0 Å². The number of hydrogen-bond donors (Lipinski definition) is 0. The number of hydrogen-bond acceptors (Lipinski definition) is 5. The van der Waals surface area contributed by atoms with Crippen molar-refractivity contribution >= 4 is 34.1 Å². The Morgan fingerprint density at radius 1 is 1.21 bits per heavy atom. The first-order chi connectivity index (χ1) is 14.0. The maximum atomic E-state index is 13.1. The molecule has 0 fully saturated rings. The lowest BCUT2D eigenvalue weighted by molar-refractivity contribution is -0.133. The highest BCUT2D eigenvalue weighted by Crippen LogP contribution is 2.30. The van der Waals surface area contributed by atoms with Crippen molar-refractivity contribution in [1.29, 1.82) is 0 Å². The lowest BCUT2D eigenvalue weighted by Crippen LogP contribution is -2.30. The van der Waals surface area contributed by atoms with Gasteiger partial charge in [0, 0.05) is 23.0 Å². The summed E-state index contributed by atoms with van der Waals surface area (Å²) >= 11 is 1.60. The molecule has 150 valence electrons. The van der Waals surface area contributed by atoms with E-state index in [1.54, 1.807) is 23.3 Å². The Labute approximate surface area is 174 Å². The second-order valence-electron chi connectivity index (χ2n) is 7.55. The molecule has 0 saturated carbocycles. The zero-order valence-electron chi connectivity index (χ0n) is 16.7. The lowest BCUT2D eigenvalue weighted by atomic mass is 9.89. The van der Waals surface area contributed by atoms with Crippen molar-refractivity contribution in [2.24, 2.45) is 0 Å². The van der Waals surface area contributed by atoms with E-state index in [-0.39, 0.29) is 12.5 Å².